The van der Waals surface area contributed by atoms with Crippen molar-refractivity contribution in [3.8, 4) is 11.5 Å². The Morgan fingerprint density at radius 2 is 1.20 bits per heavy atom. The van der Waals surface area contributed by atoms with Gasteiger partial charge in [0.15, 0.2) is 36.1 Å². The average Bonchev–Trinajstić information content (AvgIpc) is 3.08. The largest absolute Gasteiger partial charge is 0.504 e. The molecular formula is C37H52O13. The van der Waals surface area contributed by atoms with E-state index in [4.69, 9.17) is 33.2 Å². The number of phenolic OH excluding ortho intramolecular Hbond substituents is 1. The lowest BCUT2D eigenvalue weighted by atomic mass is 9.96. The topological polar surface area (TPSA) is 177 Å². The first-order valence-electron chi connectivity index (χ1n) is 16.8. The number of aryl methyl sites for hydroxylation is 1. The van der Waals surface area contributed by atoms with Gasteiger partial charge in [-0.25, -0.2) is 14.4 Å². The highest BCUT2D eigenvalue weighted by Gasteiger charge is 2.55. The van der Waals surface area contributed by atoms with Gasteiger partial charge in [-0.1, -0.05) is 44.2 Å². The van der Waals surface area contributed by atoms with E-state index in [1.165, 1.54) is 19.9 Å². The Morgan fingerprint density at radius 3 is 1.70 bits per heavy atom. The molecule has 2 heterocycles. The van der Waals surface area contributed by atoms with Gasteiger partial charge in [0.1, 0.15) is 18.3 Å². The van der Waals surface area contributed by atoms with E-state index >= 15 is 0 Å². The minimum Gasteiger partial charge on any atom is -0.504 e. The summed E-state index contributed by atoms with van der Waals surface area (Å²) in [5, 5.41) is 33.4. The van der Waals surface area contributed by atoms with Crippen molar-refractivity contribution in [1.29, 1.82) is 0 Å². The molecule has 3 N–H and O–H groups in total. The lowest BCUT2D eigenvalue weighted by Crippen LogP contribution is -2.65. The van der Waals surface area contributed by atoms with E-state index in [2.05, 4.69) is 0 Å². The summed E-state index contributed by atoms with van der Waals surface area (Å²) >= 11 is 0. The van der Waals surface area contributed by atoms with E-state index < -0.39 is 79.3 Å². The molecule has 10 atom stereocenters. The molecule has 0 spiro atoms. The van der Waals surface area contributed by atoms with Gasteiger partial charge in [0.25, 0.3) is 0 Å². The van der Waals surface area contributed by atoms with Crippen LogP contribution >= 0.6 is 0 Å². The molecule has 0 saturated carbocycles. The first-order valence-corrected chi connectivity index (χ1v) is 16.8. The molecule has 13 nitrogen and oxygen atoms in total. The second kappa shape index (κ2) is 17.5. The molecule has 0 amide bonds. The molecule has 278 valence electrons. The summed E-state index contributed by atoms with van der Waals surface area (Å²) in [6, 6.07) is 3.55. The molecule has 0 aliphatic carbocycles. The molecule has 1 aromatic rings. The van der Waals surface area contributed by atoms with Crippen LogP contribution < -0.4 is 4.74 Å². The quantitative estimate of drug-likeness (QED) is 0.168. The van der Waals surface area contributed by atoms with Gasteiger partial charge in [-0.15, -0.1) is 0 Å². The van der Waals surface area contributed by atoms with Gasteiger partial charge >= 0.3 is 17.9 Å². The molecule has 2 aliphatic heterocycles. The number of benzene rings is 1. The number of carbonyl (C=O) groups is 3. The van der Waals surface area contributed by atoms with Crippen LogP contribution in [0.4, 0.5) is 0 Å². The van der Waals surface area contributed by atoms with Crippen molar-refractivity contribution in [3.63, 3.8) is 0 Å². The van der Waals surface area contributed by atoms with Crippen LogP contribution in [0.2, 0.25) is 0 Å². The van der Waals surface area contributed by atoms with Gasteiger partial charge in [0.05, 0.1) is 12.2 Å². The van der Waals surface area contributed by atoms with Crippen molar-refractivity contribution in [2.45, 2.75) is 143 Å². The average molecular weight is 705 g/mol. The Labute approximate surface area is 293 Å². The highest BCUT2D eigenvalue weighted by molar-refractivity contribution is 5.88. The zero-order valence-electron chi connectivity index (χ0n) is 30.7. The monoisotopic (exact) mass is 704 g/mol. The fourth-order valence-corrected chi connectivity index (χ4v) is 5.30. The third kappa shape index (κ3) is 9.12. The molecule has 0 radical (unpaired) electrons. The second-order valence-electron chi connectivity index (χ2n) is 12.9. The van der Waals surface area contributed by atoms with Gasteiger partial charge in [-0.3, -0.25) is 0 Å². The molecule has 3 rings (SSSR count). The van der Waals surface area contributed by atoms with E-state index in [0.29, 0.717) is 11.1 Å². The number of hydrogen-bond donors (Lipinski definition) is 3. The predicted octanol–water partition coefficient (Wildman–Crippen LogP) is 4.43. The minimum atomic E-state index is -1.75. The number of rotatable bonds is 11. The molecule has 2 fully saturated rings. The van der Waals surface area contributed by atoms with Crippen molar-refractivity contribution in [2.24, 2.45) is 0 Å². The lowest BCUT2D eigenvalue weighted by Gasteiger charge is -2.47. The third-order valence-corrected chi connectivity index (χ3v) is 9.01. The third-order valence-electron chi connectivity index (χ3n) is 9.01. The van der Waals surface area contributed by atoms with E-state index in [1.807, 2.05) is 13.8 Å². The van der Waals surface area contributed by atoms with Crippen LogP contribution in [-0.2, 0) is 42.8 Å². The molecule has 13 heteroatoms. The van der Waals surface area contributed by atoms with Gasteiger partial charge in [0, 0.05) is 22.3 Å². The van der Waals surface area contributed by atoms with Gasteiger partial charge in [0.2, 0.25) is 6.29 Å². The van der Waals surface area contributed by atoms with E-state index in [-0.39, 0.29) is 34.1 Å². The van der Waals surface area contributed by atoms with Crippen molar-refractivity contribution in [1.82, 2.24) is 0 Å². The molecule has 2 saturated heterocycles. The highest BCUT2D eigenvalue weighted by atomic mass is 16.8. The predicted molar refractivity (Wildman–Crippen MR) is 181 cm³/mol. The first-order chi connectivity index (χ1) is 23.5. The van der Waals surface area contributed by atoms with Gasteiger partial charge < -0.3 is 48.5 Å². The number of allylic oxidation sites excluding steroid dienone is 3. The second-order valence-corrected chi connectivity index (χ2v) is 12.9. The summed E-state index contributed by atoms with van der Waals surface area (Å²) < 4.78 is 42.2. The number of carbonyl (C=O) groups excluding carboxylic acids is 3. The van der Waals surface area contributed by atoms with Crippen molar-refractivity contribution >= 4 is 17.9 Å². The molecule has 2 aliphatic rings. The van der Waals surface area contributed by atoms with E-state index in [1.54, 1.807) is 72.8 Å². The summed E-state index contributed by atoms with van der Waals surface area (Å²) in [5.41, 5.74) is 1.92. The van der Waals surface area contributed by atoms with E-state index in [9.17, 15) is 29.7 Å². The zero-order chi connectivity index (χ0) is 37.6. The summed E-state index contributed by atoms with van der Waals surface area (Å²) in [6.07, 6.45) is -9.27. The maximum atomic E-state index is 13.4. The molecular weight excluding hydrogens is 652 g/mol. The fraction of sp³-hybridized carbons (Fsp3) is 0.595. The number of phenols is 1. The van der Waals surface area contributed by atoms with Crippen molar-refractivity contribution < 1.29 is 62.9 Å². The number of aliphatic hydroxyl groups is 2. The Bertz CT molecular complexity index is 1480. The maximum absolute atomic E-state index is 13.4. The summed E-state index contributed by atoms with van der Waals surface area (Å²) in [5.74, 6) is -2.40. The number of hydrogen-bond acceptors (Lipinski definition) is 13. The smallest absolute Gasteiger partial charge is 0.333 e. The fourth-order valence-electron chi connectivity index (χ4n) is 5.30. The molecule has 0 aromatic heterocycles. The lowest BCUT2D eigenvalue weighted by molar-refractivity contribution is -0.348. The maximum Gasteiger partial charge on any atom is 0.333 e. The number of aromatic hydroxyl groups is 1. The van der Waals surface area contributed by atoms with Crippen LogP contribution in [-0.4, -0.2) is 94.6 Å². The first kappa shape index (κ1) is 40.7. The Kier molecular flexibility index (Phi) is 14.2. The zero-order valence-corrected chi connectivity index (χ0v) is 30.7. The molecule has 1 aromatic carbocycles. The van der Waals surface area contributed by atoms with Crippen molar-refractivity contribution in [2.75, 3.05) is 0 Å². The van der Waals surface area contributed by atoms with E-state index in [0.717, 1.165) is 0 Å². The number of aliphatic hydroxyl groups excluding tert-OH is 2. The molecule has 50 heavy (non-hydrogen) atoms. The van der Waals surface area contributed by atoms with Crippen LogP contribution in [0.3, 0.4) is 0 Å². The van der Waals surface area contributed by atoms with Gasteiger partial charge in [-0.05, 0) is 73.8 Å². The van der Waals surface area contributed by atoms with Crippen LogP contribution in [0.5, 0.6) is 11.5 Å². The Morgan fingerprint density at radius 1 is 0.720 bits per heavy atom. The molecule has 0 unspecified atom stereocenters. The summed E-state index contributed by atoms with van der Waals surface area (Å²) in [6.45, 7) is 18.2. The number of esters is 3. The number of ether oxygens (including phenoxy) is 7. The SMILES string of the molecule is C/C=C(/C)C(=O)O[C@H]1[C@@H](O)[C@@H](C)O[C@@H](O[C@@H]2[C@@H](OC(=O)/C(C)=C\C)[C@H](Oc3c(C(C)C)ccc(C)c3O)O[C@H](C)[C@H]2OC(=O)/C(C)=C\C)[C@@H]1O. The van der Waals surface area contributed by atoms with Crippen LogP contribution in [0, 0.1) is 6.92 Å². The van der Waals surface area contributed by atoms with Gasteiger partial charge in [-0.2, -0.15) is 0 Å². The van der Waals surface area contributed by atoms with Crippen LogP contribution in [0.15, 0.2) is 47.1 Å². The van der Waals surface area contributed by atoms with Crippen molar-refractivity contribution in [3.05, 3.63) is 58.2 Å². The standard InChI is InChI=1S/C37H52O13/c1-12-18(6)33(41)46-28-23(11)45-37(49-29-24(17(4)5)16-15-21(9)25(29)38)32(48-35(43)20(8)14-3)31(28)50-36-27(40)30(26(39)22(10)44-36)47-34(42)19(7)13-2/h12-17,22-23,26-28,30-32,36-40H,1-11H3/b18-12-,19-13-,20-14-/t22-,23-,26+,27-,28-,30+,31+,32-,36+,37+/m1/s1. The summed E-state index contributed by atoms with van der Waals surface area (Å²) in [4.78, 5) is 39.2. The molecule has 0 bridgehead atoms. The van der Waals surface area contributed by atoms with Crippen LogP contribution in [0.1, 0.15) is 86.3 Å². The van der Waals surface area contributed by atoms with Crippen LogP contribution in [0.25, 0.3) is 0 Å². The Hall–Kier alpha value is -3.75. The Balaban J connectivity index is 2.17. The highest BCUT2D eigenvalue weighted by Crippen LogP contribution is 2.41. The minimum absolute atomic E-state index is 0.0944. The summed E-state index contributed by atoms with van der Waals surface area (Å²) in [7, 11) is 0. The normalized spacial score (nSPS) is 30.9.